The van der Waals surface area contributed by atoms with Gasteiger partial charge in [0.25, 0.3) is 0 Å². The van der Waals surface area contributed by atoms with Crippen LogP contribution in [0.3, 0.4) is 0 Å². The summed E-state index contributed by atoms with van der Waals surface area (Å²) >= 11 is 0. The van der Waals surface area contributed by atoms with Gasteiger partial charge >= 0.3 is 0 Å². The summed E-state index contributed by atoms with van der Waals surface area (Å²) in [6.45, 7) is 10.4. The highest BCUT2D eigenvalue weighted by molar-refractivity contribution is 6.08. The second-order valence-electron chi connectivity index (χ2n) is 7.75. The highest BCUT2D eigenvalue weighted by Crippen LogP contribution is 2.37. The second-order valence-corrected chi connectivity index (χ2v) is 7.75. The van der Waals surface area contributed by atoms with Gasteiger partial charge in [-0.2, -0.15) is 9.37 Å². The van der Waals surface area contributed by atoms with Crippen molar-refractivity contribution in [1.82, 2.24) is 4.98 Å². The van der Waals surface area contributed by atoms with Gasteiger partial charge in [-0.25, -0.2) is 4.57 Å². The van der Waals surface area contributed by atoms with Crippen LogP contribution in [0.4, 0.5) is 4.39 Å². The molecule has 0 fully saturated rings. The molecule has 4 rings (SSSR count). The molecule has 0 aliphatic heterocycles. The lowest BCUT2D eigenvalue weighted by molar-refractivity contribution is -0.660. The molecule has 0 aliphatic rings. The molecular weight excluding hydrogens is 339 g/mol. The standard InChI is InChI=1S/C23H24FN2O/c1-12(2)18-11-26(6)19(10-14(18)4)20-13(3)7-8-16-17-9-15(5)22(24)25-23(17)27-21(16)20/h7-12H,1-6H3/q+1. The largest absolute Gasteiger partial charge is 0.437 e. The van der Waals surface area contributed by atoms with E-state index < -0.39 is 5.95 Å². The minimum Gasteiger partial charge on any atom is -0.437 e. The third-order valence-electron chi connectivity index (χ3n) is 5.37. The Morgan fingerprint density at radius 2 is 1.74 bits per heavy atom. The fourth-order valence-electron chi connectivity index (χ4n) is 3.88. The first-order valence-corrected chi connectivity index (χ1v) is 9.27. The number of benzene rings is 1. The molecule has 4 aromatic rings. The van der Waals surface area contributed by atoms with Crippen molar-refractivity contribution in [3.8, 4) is 11.3 Å². The third kappa shape index (κ3) is 2.71. The summed E-state index contributed by atoms with van der Waals surface area (Å²) in [5.74, 6) is -0.0222. The van der Waals surface area contributed by atoms with E-state index in [4.69, 9.17) is 4.42 Å². The molecule has 27 heavy (non-hydrogen) atoms. The number of pyridine rings is 2. The molecule has 0 spiro atoms. The maximum absolute atomic E-state index is 13.9. The highest BCUT2D eigenvalue weighted by Gasteiger charge is 2.23. The van der Waals surface area contributed by atoms with Crippen molar-refractivity contribution in [1.29, 1.82) is 0 Å². The van der Waals surface area contributed by atoms with E-state index in [1.54, 1.807) is 6.92 Å². The van der Waals surface area contributed by atoms with Crippen molar-refractivity contribution in [2.45, 2.75) is 40.5 Å². The van der Waals surface area contributed by atoms with Crippen LogP contribution in [0.25, 0.3) is 33.3 Å². The van der Waals surface area contributed by atoms with Crippen molar-refractivity contribution in [2.24, 2.45) is 7.05 Å². The highest BCUT2D eigenvalue weighted by atomic mass is 19.1. The molecule has 138 valence electrons. The normalized spacial score (nSPS) is 11.9. The SMILES string of the molecule is Cc1cc(-c2c(C)ccc3c2oc2nc(F)c(C)cc23)[n+](C)cc1C(C)C. The average Bonchev–Trinajstić information content (AvgIpc) is 2.94. The Morgan fingerprint density at radius 1 is 1.00 bits per heavy atom. The van der Waals surface area contributed by atoms with E-state index in [-0.39, 0.29) is 0 Å². The first-order valence-electron chi connectivity index (χ1n) is 9.27. The van der Waals surface area contributed by atoms with Gasteiger partial charge in [-0.05, 0) is 43.9 Å². The maximum Gasteiger partial charge on any atom is 0.230 e. The molecule has 0 radical (unpaired) electrons. The molecule has 0 aliphatic carbocycles. The molecule has 0 atom stereocenters. The number of aromatic nitrogens is 2. The first kappa shape index (κ1) is 17.7. The van der Waals surface area contributed by atoms with Gasteiger partial charge in [-0.15, -0.1) is 0 Å². The lowest BCUT2D eigenvalue weighted by atomic mass is 9.95. The maximum atomic E-state index is 13.9. The van der Waals surface area contributed by atoms with Gasteiger partial charge in [0.05, 0.1) is 5.56 Å². The summed E-state index contributed by atoms with van der Waals surface area (Å²) in [4.78, 5) is 4.01. The number of hydrogen-bond acceptors (Lipinski definition) is 2. The monoisotopic (exact) mass is 363 g/mol. The number of aryl methyl sites for hydroxylation is 4. The Kier molecular flexibility index (Phi) is 4.02. The summed E-state index contributed by atoms with van der Waals surface area (Å²) in [6, 6.07) is 8.16. The molecular formula is C23H24FN2O+. The van der Waals surface area contributed by atoms with Crippen LogP contribution in [0.2, 0.25) is 0 Å². The van der Waals surface area contributed by atoms with Crippen molar-refractivity contribution in [2.75, 3.05) is 0 Å². The number of rotatable bonds is 2. The van der Waals surface area contributed by atoms with E-state index in [0.717, 1.165) is 33.2 Å². The van der Waals surface area contributed by atoms with Crippen LogP contribution in [-0.2, 0) is 7.05 Å². The minimum absolute atomic E-state index is 0.345. The van der Waals surface area contributed by atoms with Crippen LogP contribution < -0.4 is 4.57 Å². The molecule has 4 heteroatoms. The van der Waals surface area contributed by atoms with E-state index in [0.29, 0.717) is 17.2 Å². The Balaban J connectivity index is 2.08. The van der Waals surface area contributed by atoms with Crippen molar-refractivity contribution in [3.63, 3.8) is 0 Å². The lowest BCUT2D eigenvalue weighted by Gasteiger charge is -2.11. The minimum atomic E-state index is -0.484. The molecule has 3 nitrogen and oxygen atoms in total. The molecule has 3 heterocycles. The van der Waals surface area contributed by atoms with Gasteiger partial charge in [-0.3, -0.25) is 0 Å². The number of halogens is 1. The second kappa shape index (κ2) is 6.15. The van der Waals surface area contributed by atoms with E-state index >= 15 is 0 Å². The van der Waals surface area contributed by atoms with Crippen molar-refractivity contribution < 1.29 is 13.4 Å². The molecule has 0 unspecified atom stereocenters. The fourth-order valence-corrected chi connectivity index (χ4v) is 3.88. The zero-order valence-electron chi connectivity index (χ0n) is 16.6. The summed E-state index contributed by atoms with van der Waals surface area (Å²) in [6.07, 6.45) is 2.19. The van der Waals surface area contributed by atoms with Crippen LogP contribution in [0.5, 0.6) is 0 Å². The number of fused-ring (bicyclic) bond motifs is 3. The van der Waals surface area contributed by atoms with Crippen LogP contribution in [0, 0.1) is 26.7 Å². The molecule has 0 amide bonds. The Morgan fingerprint density at radius 3 is 2.44 bits per heavy atom. The van der Waals surface area contributed by atoms with Crippen LogP contribution in [0.1, 0.15) is 42.0 Å². The predicted octanol–water partition coefficient (Wildman–Crippen LogP) is 5.66. The van der Waals surface area contributed by atoms with E-state index in [2.05, 4.69) is 62.6 Å². The molecule has 3 aromatic heterocycles. The summed E-state index contributed by atoms with van der Waals surface area (Å²) in [5, 5.41) is 1.81. The third-order valence-corrected chi connectivity index (χ3v) is 5.37. The summed E-state index contributed by atoms with van der Waals surface area (Å²) in [5.41, 5.74) is 7.44. The lowest BCUT2D eigenvalue weighted by Crippen LogP contribution is -2.32. The number of furan rings is 1. The fraction of sp³-hybridized carbons (Fsp3) is 0.304. The number of hydrogen-bond donors (Lipinski definition) is 0. The summed E-state index contributed by atoms with van der Waals surface area (Å²) < 4.78 is 22.2. The van der Waals surface area contributed by atoms with Gasteiger partial charge < -0.3 is 4.42 Å². The van der Waals surface area contributed by atoms with Crippen LogP contribution >= 0.6 is 0 Å². The topological polar surface area (TPSA) is 29.9 Å². The zero-order valence-corrected chi connectivity index (χ0v) is 16.6. The van der Waals surface area contributed by atoms with Crippen LogP contribution in [0.15, 0.2) is 34.9 Å². The molecule has 0 saturated heterocycles. The van der Waals surface area contributed by atoms with E-state index in [1.165, 1.54) is 11.1 Å². The van der Waals surface area contributed by atoms with Gasteiger partial charge in [0.1, 0.15) is 7.05 Å². The molecule has 1 aromatic carbocycles. The van der Waals surface area contributed by atoms with Crippen molar-refractivity contribution in [3.05, 3.63) is 58.7 Å². The van der Waals surface area contributed by atoms with Gasteiger partial charge in [0.2, 0.25) is 17.4 Å². The van der Waals surface area contributed by atoms with Crippen molar-refractivity contribution >= 4 is 22.1 Å². The molecule has 0 bridgehead atoms. The quantitative estimate of drug-likeness (QED) is 0.340. The Hall–Kier alpha value is -2.75. The van der Waals surface area contributed by atoms with Gasteiger partial charge in [0.15, 0.2) is 11.8 Å². The van der Waals surface area contributed by atoms with Gasteiger partial charge in [-0.1, -0.05) is 26.0 Å². The molecule has 0 N–H and O–H groups in total. The van der Waals surface area contributed by atoms with E-state index in [1.807, 2.05) is 12.1 Å². The number of nitrogens with zero attached hydrogens (tertiary/aromatic N) is 2. The summed E-state index contributed by atoms with van der Waals surface area (Å²) in [7, 11) is 2.06. The van der Waals surface area contributed by atoms with E-state index in [9.17, 15) is 4.39 Å². The first-order chi connectivity index (χ1) is 12.8. The molecule has 0 saturated carbocycles. The predicted molar refractivity (Wildman–Crippen MR) is 106 cm³/mol. The Bertz CT molecular complexity index is 1200. The van der Waals surface area contributed by atoms with Gasteiger partial charge in [0, 0.05) is 28.0 Å². The smallest absolute Gasteiger partial charge is 0.230 e. The zero-order chi connectivity index (χ0) is 19.5. The Labute approximate surface area is 158 Å². The average molecular weight is 363 g/mol. The van der Waals surface area contributed by atoms with Crippen LogP contribution in [-0.4, -0.2) is 4.98 Å².